The minimum Gasteiger partial charge on any atom is -0.501 e. The number of sulfone groups is 1. The molecule has 17 heavy (non-hydrogen) atoms. The lowest BCUT2D eigenvalue weighted by Crippen LogP contribution is -2.32. The van der Waals surface area contributed by atoms with Crippen LogP contribution in [0, 0.1) is 0 Å². The normalized spacial score (nSPS) is 31.7. The molecule has 1 atom stereocenters. The van der Waals surface area contributed by atoms with Gasteiger partial charge in [-0.05, 0) is 51.0 Å². The number of hydrogen-bond donors (Lipinski definition) is 0. The van der Waals surface area contributed by atoms with Crippen LogP contribution in [0.1, 0.15) is 51.9 Å². The van der Waals surface area contributed by atoms with Crippen LogP contribution < -0.4 is 0 Å². The van der Waals surface area contributed by atoms with E-state index in [9.17, 15) is 8.42 Å². The minimum atomic E-state index is -2.89. The molecule has 0 N–H and O–H groups in total. The number of allylic oxidation sites excluding steroid dienone is 1. The zero-order chi connectivity index (χ0) is 12.4. The van der Waals surface area contributed by atoms with Gasteiger partial charge in [-0.15, -0.1) is 0 Å². The molecular formula is C13H22O3S. The lowest BCUT2D eigenvalue weighted by Gasteiger charge is -2.22. The summed E-state index contributed by atoms with van der Waals surface area (Å²) in [5.41, 5.74) is 1.38. The third-order valence-electron chi connectivity index (χ3n) is 4.11. The molecule has 4 heteroatoms. The van der Waals surface area contributed by atoms with E-state index >= 15 is 0 Å². The van der Waals surface area contributed by atoms with Gasteiger partial charge < -0.3 is 4.74 Å². The first-order valence-electron chi connectivity index (χ1n) is 6.55. The third kappa shape index (κ3) is 2.84. The first-order valence-corrected chi connectivity index (χ1v) is 8.21. The van der Waals surface area contributed by atoms with E-state index < -0.39 is 14.6 Å². The Bertz CT molecular complexity index is 389. The highest BCUT2D eigenvalue weighted by Gasteiger charge is 2.42. The maximum Gasteiger partial charge on any atom is 0.155 e. The monoisotopic (exact) mass is 258 g/mol. The quantitative estimate of drug-likeness (QED) is 0.575. The van der Waals surface area contributed by atoms with Gasteiger partial charge in [0, 0.05) is 6.42 Å². The summed E-state index contributed by atoms with van der Waals surface area (Å²) in [7, 11) is -2.89. The van der Waals surface area contributed by atoms with Crippen LogP contribution in [0.5, 0.6) is 0 Å². The van der Waals surface area contributed by atoms with Gasteiger partial charge in [0.1, 0.15) is 0 Å². The average molecular weight is 258 g/mol. The summed E-state index contributed by atoms with van der Waals surface area (Å²) in [5, 5.41) is 0. The minimum absolute atomic E-state index is 0.352. The second-order valence-electron chi connectivity index (χ2n) is 5.48. The Morgan fingerprint density at radius 1 is 1.29 bits per heavy atom. The molecule has 0 bridgehead atoms. The summed E-state index contributed by atoms with van der Waals surface area (Å²) >= 11 is 0. The molecule has 1 heterocycles. The highest BCUT2D eigenvalue weighted by atomic mass is 32.2. The molecule has 1 saturated carbocycles. The van der Waals surface area contributed by atoms with Gasteiger partial charge >= 0.3 is 0 Å². The van der Waals surface area contributed by atoms with Crippen molar-refractivity contribution in [1.82, 2.24) is 0 Å². The second kappa shape index (κ2) is 5.01. The predicted octanol–water partition coefficient (Wildman–Crippen LogP) is 2.82. The van der Waals surface area contributed by atoms with Gasteiger partial charge in [0.25, 0.3) is 0 Å². The molecule has 2 aliphatic rings. The summed E-state index contributed by atoms with van der Waals surface area (Å²) in [6, 6.07) is 0. The Balaban J connectivity index is 1.80. The van der Waals surface area contributed by atoms with Crippen molar-refractivity contribution in [3.8, 4) is 0 Å². The molecular weight excluding hydrogens is 236 g/mol. The lowest BCUT2D eigenvalue weighted by molar-refractivity contribution is 0.226. The molecule has 1 aliphatic heterocycles. The standard InChI is InChI=1S/C13H22O3S/c1-13(7-4-10-17(13,14)15)8-9-16-11-12-5-2-3-6-12/h11H,2-10H2,1H3. The molecule has 98 valence electrons. The highest BCUT2D eigenvalue weighted by molar-refractivity contribution is 7.93. The van der Waals surface area contributed by atoms with Crippen molar-refractivity contribution in [1.29, 1.82) is 0 Å². The van der Waals surface area contributed by atoms with Crippen LogP contribution in [0.2, 0.25) is 0 Å². The summed E-state index contributed by atoms with van der Waals surface area (Å²) < 4.78 is 28.7. The predicted molar refractivity (Wildman–Crippen MR) is 68.5 cm³/mol. The summed E-state index contributed by atoms with van der Waals surface area (Å²) in [4.78, 5) is 0. The van der Waals surface area contributed by atoms with Crippen LogP contribution in [-0.4, -0.2) is 25.5 Å². The van der Waals surface area contributed by atoms with Crippen LogP contribution in [0.4, 0.5) is 0 Å². The van der Waals surface area contributed by atoms with Gasteiger partial charge in [0.15, 0.2) is 9.84 Å². The van der Waals surface area contributed by atoms with E-state index in [2.05, 4.69) is 0 Å². The number of ether oxygens (including phenoxy) is 1. The van der Waals surface area contributed by atoms with Crippen molar-refractivity contribution in [2.24, 2.45) is 0 Å². The number of hydrogen-bond acceptors (Lipinski definition) is 3. The molecule has 0 aromatic rings. The smallest absolute Gasteiger partial charge is 0.155 e. The van der Waals surface area contributed by atoms with E-state index in [4.69, 9.17) is 4.74 Å². The molecule has 3 nitrogen and oxygen atoms in total. The maximum atomic E-state index is 11.9. The maximum absolute atomic E-state index is 11.9. The first kappa shape index (κ1) is 12.9. The van der Waals surface area contributed by atoms with Crippen LogP contribution in [-0.2, 0) is 14.6 Å². The van der Waals surface area contributed by atoms with Crippen LogP contribution >= 0.6 is 0 Å². The van der Waals surface area contributed by atoms with Gasteiger partial charge in [-0.1, -0.05) is 0 Å². The second-order valence-corrected chi connectivity index (χ2v) is 8.10. The molecule has 1 aliphatic carbocycles. The Morgan fingerprint density at radius 3 is 2.59 bits per heavy atom. The van der Waals surface area contributed by atoms with Crippen LogP contribution in [0.15, 0.2) is 11.8 Å². The fourth-order valence-corrected chi connectivity index (χ4v) is 4.58. The molecule has 0 aromatic carbocycles. The van der Waals surface area contributed by atoms with Gasteiger partial charge in [0.2, 0.25) is 0 Å². The fourth-order valence-electron chi connectivity index (χ4n) is 2.72. The molecule has 0 spiro atoms. The zero-order valence-electron chi connectivity index (χ0n) is 10.6. The molecule has 1 saturated heterocycles. The molecule has 2 fully saturated rings. The van der Waals surface area contributed by atoms with E-state index in [1.165, 1.54) is 18.4 Å². The third-order valence-corrected chi connectivity index (χ3v) is 6.85. The van der Waals surface area contributed by atoms with Crippen molar-refractivity contribution in [3.05, 3.63) is 11.8 Å². The lowest BCUT2D eigenvalue weighted by atomic mass is 10.0. The van der Waals surface area contributed by atoms with Gasteiger partial charge in [-0.25, -0.2) is 8.42 Å². The van der Waals surface area contributed by atoms with E-state index in [1.807, 2.05) is 13.2 Å². The first-order chi connectivity index (χ1) is 8.04. The Morgan fingerprint density at radius 2 is 2.00 bits per heavy atom. The van der Waals surface area contributed by atoms with Crippen molar-refractivity contribution >= 4 is 9.84 Å². The molecule has 0 amide bonds. The van der Waals surface area contributed by atoms with E-state index in [0.29, 0.717) is 18.8 Å². The topological polar surface area (TPSA) is 43.4 Å². The Hall–Kier alpha value is -0.510. The van der Waals surface area contributed by atoms with Gasteiger partial charge in [-0.2, -0.15) is 0 Å². The Kier molecular flexibility index (Phi) is 3.81. The molecule has 0 aromatic heterocycles. The molecule has 0 radical (unpaired) electrons. The molecule has 2 rings (SSSR count). The van der Waals surface area contributed by atoms with E-state index in [1.54, 1.807) is 0 Å². The van der Waals surface area contributed by atoms with Crippen LogP contribution in [0.3, 0.4) is 0 Å². The summed E-state index contributed by atoms with van der Waals surface area (Å²) in [6.07, 6.45) is 8.90. The van der Waals surface area contributed by atoms with Crippen LogP contribution in [0.25, 0.3) is 0 Å². The van der Waals surface area contributed by atoms with E-state index in [0.717, 1.165) is 25.7 Å². The SMILES string of the molecule is CC1(CCOC=C2CCCC2)CCCS1(=O)=O. The summed E-state index contributed by atoms with van der Waals surface area (Å²) in [6.45, 7) is 2.39. The number of rotatable bonds is 4. The van der Waals surface area contributed by atoms with Crippen molar-refractivity contribution in [2.45, 2.75) is 56.6 Å². The fraction of sp³-hybridized carbons (Fsp3) is 0.846. The summed E-state index contributed by atoms with van der Waals surface area (Å²) in [5.74, 6) is 0.352. The Labute approximate surface area is 104 Å². The van der Waals surface area contributed by atoms with Crippen molar-refractivity contribution < 1.29 is 13.2 Å². The van der Waals surface area contributed by atoms with Crippen molar-refractivity contribution in [3.63, 3.8) is 0 Å². The van der Waals surface area contributed by atoms with Gasteiger partial charge in [-0.3, -0.25) is 0 Å². The van der Waals surface area contributed by atoms with Gasteiger partial charge in [0.05, 0.1) is 23.4 Å². The zero-order valence-corrected chi connectivity index (χ0v) is 11.4. The largest absolute Gasteiger partial charge is 0.501 e. The van der Waals surface area contributed by atoms with E-state index in [-0.39, 0.29) is 0 Å². The highest BCUT2D eigenvalue weighted by Crippen LogP contribution is 2.34. The molecule has 1 unspecified atom stereocenters. The van der Waals surface area contributed by atoms with Crippen molar-refractivity contribution in [2.75, 3.05) is 12.4 Å². The average Bonchev–Trinajstić information content (AvgIpc) is 2.84.